The summed E-state index contributed by atoms with van der Waals surface area (Å²) < 4.78 is 26.0. The summed E-state index contributed by atoms with van der Waals surface area (Å²) in [6.07, 6.45) is 1.42. The smallest absolute Gasteiger partial charge is 0.247 e. The van der Waals surface area contributed by atoms with Crippen molar-refractivity contribution < 1.29 is 13.6 Å². The van der Waals surface area contributed by atoms with Gasteiger partial charge in [-0.1, -0.05) is 5.21 Å². The number of aldehydes is 1. The summed E-state index contributed by atoms with van der Waals surface area (Å²) in [5.41, 5.74) is 0.212. The van der Waals surface area contributed by atoms with Gasteiger partial charge in [-0.25, -0.2) is 13.5 Å². The predicted molar refractivity (Wildman–Crippen MR) is 40.6 cm³/mol. The molecule has 0 saturated carbocycles. The maximum Gasteiger partial charge on any atom is 0.247 e. The first-order chi connectivity index (χ1) is 6.03. The van der Waals surface area contributed by atoms with Crippen molar-refractivity contribution in [1.82, 2.24) is 15.0 Å². The second-order valence-electron chi connectivity index (χ2n) is 2.82. The van der Waals surface area contributed by atoms with Crippen LogP contribution in [0.5, 0.6) is 0 Å². The highest BCUT2D eigenvalue weighted by Crippen LogP contribution is 2.17. The topological polar surface area (TPSA) is 47.8 Å². The lowest BCUT2D eigenvalue weighted by Gasteiger charge is -2.09. The molecule has 0 atom stereocenters. The summed E-state index contributed by atoms with van der Waals surface area (Å²) in [4.78, 5) is 10.3. The fourth-order valence-electron chi connectivity index (χ4n) is 0.833. The Morgan fingerprint density at radius 3 is 2.92 bits per heavy atom. The SMILES string of the molecule is CC(F)(F)CCn1nncc1C=O. The van der Waals surface area contributed by atoms with Crippen LogP contribution in [0.25, 0.3) is 0 Å². The van der Waals surface area contributed by atoms with E-state index in [1.807, 2.05) is 0 Å². The summed E-state index contributed by atoms with van der Waals surface area (Å²) in [5, 5.41) is 6.92. The van der Waals surface area contributed by atoms with Crippen molar-refractivity contribution in [2.75, 3.05) is 0 Å². The minimum atomic E-state index is -2.74. The standard InChI is InChI=1S/C7H9F2N3O/c1-7(8,9)2-3-12-6(5-13)4-10-11-12/h4-5H,2-3H2,1H3. The fourth-order valence-corrected chi connectivity index (χ4v) is 0.833. The second kappa shape index (κ2) is 3.59. The van der Waals surface area contributed by atoms with Crippen molar-refractivity contribution in [3.05, 3.63) is 11.9 Å². The van der Waals surface area contributed by atoms with Crippen LogP contribution in [0.4, 0.5) is 8.78 Å². The molecule has 0 spiro atoms. The number of halogens is 2. The van der Waals surface area contributed by atoms with Gasteiger partial charge in [-0.05, 0) is 6.92 Å². The Bertz CT molecular complexity index is 292. The molecule has 0 bridgehead atoms. The van der Waals surface area contributed by atoms with Crippen LogP contribution in [0, 0.1) is 0 Å². The number of hydrogen-bond donors (Lipinski definition) is 0. The van der Waals surface area contributed by atoms with Crippen molar-refractivity contribution in [2.45, 2.75) is 25.8 Å². The molecule has 4 nitrogen and oxygen atoms in total. The van der Waals surface area contributed by atoms with E-state index < -0.39 is 5.92 Å². The highest BCUT2D eigenvalue weighted by molar-refractivity contribution is 5.71. The van der Waals surface area contributed by atoms with E-state index in [0.29, 0.717) is 6.29 Å². The Kier molecular flexibility index (Phi) is 2.69. The zero-order valence-corrected chi connectivity index (χ0v) is 7.07. The Balaban J connectivity index is 2.59. The zero-order valence-electron chi connectivity index (χ0n) is 7.07. The molecule has 0 aliphatic rings. The number of aromatic nitrogens is 3. The lowest BCUT2D eigenvalue weighted by molar-refractivity contribution is 0.00749. The number of carbonyl (C=O) groups excluding carboxylic acids is 1. The van der Waals surface area contributed by atoms with Gasteiger partial charge in [0.1, 0.15) is 5.69 Å². The number of aryl methyl sites for hydroxylation is 1. The summed E-state index contributed by atoms with van der Waals surface area (Å²) in [7, 11) is 0. The number of carbonyl (C=O) groups is 1. The lowest BCUT2D eigenvalue weighted by Crippen LogP contribution is -2.15. The van der Waals surface area contributed by atoms with Gasteiger partial charge in [-0.15, -0.1) is 5.10 Å². The number of hydrogen-bond acceptors (Lipinski definition) is 3. The van der Waals surface area contributed by atoms with Crippen LogP contribution in [-0.4, -0.2) is 27.2 Å². The van der Waals surface area contributed by atoms with Gasteiger partial charge < -0.3 is 0 Å². The fraction of sp³-hybridized carbons (Fsp3) is 0.571. The molecular weight excluding hydrogens is 180 g/mol. The summed E-state index contributed by atoms with van der Waals surface area (Å²) in [6.45, 7) is 0.822. The zero-order chi connectivity index (χ0) is 9.90. The monoisotopic (exact) mass is 189 g/mol. The average molecular weight is 189 g/mol. The van der Waals surface area contributed by atoms with Crippen LogP contribution in [0.15, 0.2) is 6.20 Å². The molecule has 0 aromatic carbocycles. The van der Waals surface area contributed by atoms with Crippen LogP contribution in [-0.2, 0) is 6.54 Å². The summed E-state index contributed by atoms with van der Waals surface area (Å²) in [5.74, 6) is -2.74. The third-order valence-corrected chi connectivity index (χ3v) is 1.53. The van der Waals surface area contributed by atoms with E-state index in [-0.39, 0.29) is 18.7 Å². The summed E-state index contributed by atoms with van der Waals surface area (Å²) in [6, 6.07) is 0. The van der Waals surface area contributed by atoms with Crippen molar-refractivity contribution in [3.63, 3.8) is 0 Å². The Labute approximate surface area is 73.5 Å². The molecule has 0 radical (unpaired) electrons. The maximum absolute atomic E-state index is 12.4. The molecule has 0 unspecified atom stereocenters. The summed E-state index contributed by atoms with van der Waals surface area (Å²) >= 11 is 0. The van der Waals surface area contributed by atoms with Gasteiger partial charge >= 0.3 is 0 Å². The molecule has 0 aliphatic heterocycles. The Hall–Kier alpha value is -1.33. The number of nitrogens with zero attached hydrogens (tertiary/aromatic N) is 3. The first-order valence-electron chi connectivity index (χ1n) is 3.74. The number of alkyl halides is 2. The van der Waals surface area contributed by atoms with E-state index in [2.05, 4.69) is 10.3 Å². The molecule has 72 valence electrons. The first-order valence-corrected chi connectivity index (χ1v) is 3.74. The minimum absolute atomic E-state index is 0.00241. The quantitative estimate of drug-likeness (QED) is 0.667. The molecule has 1 aromatic heterocycles. The largest absolute Gasteiger partial charge is 0.296 e. The molecule has 0 aliphatic carbocycles. The molecule has 1 heterocycles. The Morgan fingerprint density at radius 1 is 1.69 bits per heavy atom. The number of rotatable bonds is 4. The molecule has 6 heteroatoms. The van der Waals surface area contributed by atoms with Crippen molar-refractivity contribution in [3.8, 4) is 0 Å². The average Bonchev–Trinajstić information content (AvgIpc) is 2.46. The maximum atomic E-state index is 12.4. The molecule has 1 rings (SSSR count). The van der Waals surface area contributed by atoms with Gasteiger partial charge in [0.15, 0.2) is 6.29 Å². The van der Waals surface area contributed by atoms with Gasteiger partial charge in [-0.2, -0.15) is 0 Å². The molecule has 0 fully saturated rings. The lowest BCUT2D eigenvalue weighted by atomic mass is 10.3. The normalized spacial score (nSPS) is 11.6. The predicted octanol–water partition coefficient (Wildman–Crippen LogP) is 1.14. The van der Waals surface area contributed by atoms with E-state index in [9.17, 15) is 13.6 Å². The van der Waals surface area contributed by atoms with Gasteiger partial charge in [-0.3, -0.25) is 4.79 Å². The van der Waals surface area contributed by atoms with Crippen LogP contribution in [0.3, 0.4) is 0 Å². The molecule has 0 saturated heterocycles. The van der Waals surface area contributed by atoms with Crippen molar-refractivity contribution in [1.29, 1.82) is 0 Å². The van der Waals surface area contributed by atoms with E-state index in [0.717, 1.165) is 11.6 Å². The molecule has 13 heavy (non-hydrogen) atoms. The minimum Gasteiger partial charge on any atom is -0.296 e. The van der Waals surface area contributed by atoms with Crippen LogP contribution < -0.4 is 0 Å². The van der Waals surface area contributed by atoms with Crippen LogP contribution in [0.2, 0.25) is 0 Å². The third kappa shape index (κ3) is 2.89. The highest BCUT2D eigenvalue weighted by atomic mass is 19.3. The van der Waals surface area contributed by atoms with E-state index in [1.165, 1.54) is 6.20 Å². The van der Waals surface area contributed by atoms with Gasteiger partial charge in [0.25, 0.3) is 0 Å². The molecule has 1 aromatic rings. The van der Waals surface area contributed by atoms with Crippen molar-refractivity contribution in [2.24, 2.45) is 0 Å². The molecule has 0 amide bonds. The van der Waals surface area contributed by atoms with E-state index in [4.69, 9.17) is 0 Å². The first kappa shape index (κ1) is 9.76. The highest BCUT2D eigenvalue weighted by Gasteiger charge is 2.21. The second-order valence-corrected chi connectivity index (χ2v) is 2.82. The van der Waals surface area contributed by atoms with Crippen molar-refractivity contribution >= 4 is 6.29 Å². The van der Waals surface area contributed by atoms with Gasteiger partial charge in [0.05, 0.1) is 6.20 Å². The molecular formula is C7H9F2N3O. The third-order valence-electron chi connectivity index (χ3n) is 1.53. The van der Waals surface area contributed by atoms with Gasteiger partial charge in [0.2, 0.25) is 5.92 Å². The Morgan fingerprint density at radius 2 is 2.38 bits per heavy atom. The van der Waals surface area contributed by atoms with Crippen LogP contribution >= 0.6 is 0 Å². The van der Waals surface area contributed by atoms with Gasteiger partial charge in [0, 0.05) is 13.0 Å². The van der Waals surface area contributed by atoms with E-state index in [1.54, 1.807) is 0 Å². The van der Waals surface area contributed by atoms with E-state index >= 15 is 0 Å². The van der Waals surface area contributed by atoms with Crippen LogP contribution in [0.1, 0.15) is 23.8 Å². The molecule has 0 N–H and O–H groups in total.